The minimum absolute atomic E-state index is 0.339. The van der Waals surface area contributed by atoms with Gasteiger partial charge in [0.1, 0.15) is 6.04 Å². The van der Waals surface area contributed by atoms with Crippen molar-refractivity contribution in [2.24, 2.45) is 0 Å². The SMILES string of the molecule is O=C(O)N1CCCC1c1nc(-c2ccc(C#Cc3ccncc3)cc2)no1. The van der Waals surface area contributed by atoms with Gasteiger partial charge in [-0.3, -0.25) is 9.88 Å². The van der Waals surface area contributed by atoms with Gasteiger partial charge in [0.25, 0.3) is 0 Å². The Kier molecular flexibility index (Phi) is 4.54. The number of aromatic nitrogens is 3. The minimum Gasteiger partial charge on any atom is -0.465 e. The second-order valence-corrected chi connectivity index (χ2v) is 6.15. The Hall–Kier alpha value is -3.66. The molecule has 0 aliphatic carbocycles. The molecule has 1 atom stereocenters. The van der Waals surface area contributed by atoms with E-state index in [-0.39, 0.29) is 6.04 Å². The second-order valence-electron chi connectivity index (χ2n) is 6.15. The van der Waals surface area contributed by atoms with Crippen molar-refractivity contribution in [1.82, 2.24) is 20.0 Å². The van der Waals surface area contributed by atoms with Gasteiger partial charge in [-0.1, -0.05) is 17.0 Å². The van der Waals surface area contributed by atoms with E-state index in [1.807, 2.05) is 36.4 Å². The number of hydrogen-bond acceptors (Lipinski definition) is 5. The first-order valence-corrected chi connectivity index (χ1v) is 8.56. The van der Waals surface area contributed by atoms with Gasteiger partial charge in [0, 0.05) is 35.6 Å². The molecule has 0 saturated carbocycles. The molecule has 1 aliphatic rings. The van der Waals surface area contributed by atoms with Crippen LogP contribution in [-0.2, 0) is 0 Å². The fourth-order valence-electron chi connectivity index (χ4n) is 3.02. The molecule has 2 aromatic heterocycles. The van der Waals surface area contributed by atoms with Gasteiger partial charge in [-0.2, -0.15) is 4.98 Å². The predicted octanol–water partition coefficient (Wildman–Crippen LogP) is 3.35. The maximum Gasteiger partial charge on any atom is 0.407 e. The van der Waals surface area contributed by atoms with Gasteiger partial charge in [-0.25, -0.2) is 4.79 Å². The number of hydrogen-bond donors (Lipinski definition) is 1. The topological polar surface area (TPSA) is 92.3 Å². The lowest BCUT2D eigenvalue weighted by molar-refractivity contribution is 0.131. The molecule has 1 fully saturated rings. The minimum atomic E-state index is -0.964. The van der Waals surface area contributed by atoms with Gasteiger partial charge in [0.05, 0.1) is 0 Å². The average molecular weight is 360 g/mol. The Labute approximate surface area is 155 Å². The molecular formula is C20H16N4O3. The first-order chi connectivity index (χ1) is 13.2. The molecule has 4 rings (SSSR count). The molecule has 27 heavy (non-hydrogen) atoms. The van der Waals surface area contributed by atoms with E-state index in [2.05, 4.69) is 27.0 Å². The van der Waals surface area contributed by atoms with E-state index >= 15 is 0 Å². The number of rotatable bonds is 2. The third-order valence-electron chi connectivity index (χ3n) is 4.40. The van der Waals surface area contributed by atoms with Crippen LogP contribution in [0.25, 0.3) is 11.4 Å². The highest BCUT2D eigenvalue weighted by Crippen LogP contribution is 2.31. The lowest BCUT2D eigenvalue weighted by Crippen LogP contribution is -2.28. The zero-order valence-electron chi connectivity index (χ0n) is 14.4. The summed E-state index contributed by atoms with van der Waals surface area (Å²) in [5, 5.41) is 13.3. The molecule has 1 saturated heterocycles. The normalized spacial score (nSPS) is 16.0. The fourth-order valence-corrected chi connectivity index (χ4v) is 3.02. The Morgan fingerprint density at radius 3 is 2.52 bits per heavy atom. The summed E-state index contributed by atoms with van der Waals surface area (Å²) in [5.41, 5.74) is 2.56. The fraction of sp³-hybridized carbons (Fsp3) is 0.200. The summed E-state index contributed by atoms with van der Waals surface area (Å²) in [6.45, 7) is 0.489. The predicted molar refractivity (Wildman–Crippen MR) is 96.7 cm³/mol. The zero-order chi connectivity index (χ0) is 18.6. The molecule has 7 nitrogen and oxygen atoms in total. The zero-order valence-corrected chi connectivity index (χ0v) is 14.4. The quantitative estimate of drug-likeness (QED) is 0.705. The average Bonchev–Trinajstić information content (AvgIpc) is 3.37. The van der Waals surface area contributed by atoms with Crippen LogP contribution in [0.1, 0.15) is 35.9 Å². The van der Waals surface area contributed by atoms with Crippen LogP contribution in [0.5, 0.6) is 0 Å². The van der Waals surface area contributed by atoms with Crippen molar-refractivity contribution in [2.45, 2.75) is 18.9 Å². The van der Waals surface area contributed by atoms with Crippen LogP contribution in [0.15, 0.2) is 53.3 Å². The molecule has 1 unspecified atom stereocenters. The third kappa shape index (κ3) is 3.65. The maximum absolute atomic E-state index is 11.3. The van der Waals surface area contributed by atoms with Crippen molar-refractivity contribution >= 4 is 6.09 Å². The molecule has 0 spiro atoms. The Morgan fingerprint density at radius 1 is 1.11 bits per heavy atom. The van der Waals surface area contributed by atoms with Crippen molar-refractivity contribution in [1.29, 1.82) is 0 Å². The number of pyridine rings is 1. The van der Waals surface area contributed by atoms with Crippen LogP contribution in [-0.4, -0.2) is 37.8 Å². The smallest absolute Gasteiger partial charge is 0.407 e. The van der Waals surface area contributed by atoms with Gasteiger partial charge >= 0.3 is 6.09 Å². The summed E-state index contributed by atoms with van der Waals surface area (Å²) in [6, 6.07) is 10.9. The molecule has 1 aliphatic heterocycles. The van der Waals surface area contributed by atoms with Crippen molar-refractivity contribution < 1.29 is 14.4 Å². The molecule has 1 aromatic carbocycles. The molecule has 3 aromatic rings. The number of carbonyl (C=O) groups is 1. The number of carboxylic acid groups (broad SMARTS) is 1. The van der Waals surface area contributed by atoms with E-state index in [0.717, 1.165) is 23.1 Å². The monoisotopic (exact) mass is 360 g/mol. The second kappa shape index (κ2) is 7.30. The van der Waals surface area contributed by atoms with Crippen molar-refractivity contribution in [3.63, 3.8) is 0 Å². The van der Waals surface area contributed by atoms with Crippen molar-refractivity contribution in [2.75, 3.05) is 6.54 Å². The van der Waals surface area contributed by atoms with Crippen molar-refractivity contribution in [3.8, 4) is 23.2 Å². The standard InChI is InChI=1S/C20H16N4O3/c25-20(26)24-13-1-2-17(24)19-22-18(23-27-19)16-7-5-14(6-8-16)3-4-15-9-11-21-12-10-15/h5-12,17H,1-2,13H2,(H,25,26). The van der Waals surface area contributed by atoms with E-state index in [9.17, 15) is 9.90 Å². The number of amides is 1. The van der Waals surface area contributed by atoms with Crippen LogP contribution >= 0.6 is 0 Å². The molecule has 0 radical (unpaired) electrons. The number of likely N-dealkylation sites (tertiary alicyclic amines) is 1. The first kappa shape index (κ1) is 16.8. The Bertz CT molecular complexity index is 1000. The molecule has 1 N–H and O–H groups in total. The highest BCUT2D eigenvalue weighted by atomic mass is 16.5. The molecule has 3 heterocycles. The molecule has 134 valence electrons. The summed E-state index contributed by atoms with van der Waals surface area (Å²) >= 11 is 0. The van der Waals surface area contributed by atoms with Crippen LogP contribution in [0.4, 0.5) is 4.79 Å². The molecular weight excluding hydrogens is 344 g/mol. The third-order valence-corrected chi connectivity index (χ3v) is 4.40. The van der Waals surface area contributed by atoms with Crippen LogP contribution in [0.2, 0.25) is 0 Å². The highest BCUT2D eigenvalue weighted by Gasteiger charge is 2.34. The van der Waals surface area contributed by atoms with E-state index in [0.29, 0.717) is 24.7 Å². The summed E-state index contributed by atoms with van der Waals surface area (Å²) in [6.07, 6.45) is 3.93. The Balaban J connectivity index is 1.51. The summed E-state index contributed by atoms with van der Waals surface area (Å²) in [7, 11) is 0. The lowest BCUT2D eigenvalue weighted by Gasteiger charge is -2.17. The van der Waals surface area contributed by atoms with Crippen molar-refractivity contribution in [3.05, 3.63) is 65.8 Å². The van der Waals surface area contributed by atoms with Crippen LogP contribution in [0.3, 0.4) is 0 Å². The van der Waals surface area contributed by atoms with Gasteiger partial charge in [0.2, 0.25) is 11.7 Å². The number of benzene rings is 1. The molecule has 0 bridgehead atoms. The van der Waals surface area contributed by atoms with Crippen LogP contribution in [0, 0.1) is 11.8 Å². The summed E-state index contributed by atoms with van der Waals surface area (Å²) < 4.78 is 5.32. The van der Waals surface area contributed by atoms with Gasteiger partial charge in [0.15, 0.2) is 0 Å². The lowest BCUT2D eigenvalue weighted by atomic mass is 10.1. The molecule has 1 amide bonds. The molecule has 7 heteroatoms. The summed E-state index contributed by atoms with van der Waals surface area (Å²) in [4.78, 5) is 21.0. The van der Waals surface area contributed by atoms with E-state index < -0.39 is 6.09 Å². The Morgan fingerprint density at radius 2 is 1.81 bits per heavy atom. The van der Waals surface area contributed by atoms with Crippen LogP contribution < -0.4 is 0 Å². The summed E-state index contributed by atoms with van der Waals surface area (Å²) in [5.74, 6) is 6.95. The van der Waals surface area contributed by atoms with Gasteiger partial charge < -0.3 is 9.63 Å². The van der Waals surface area contributed by atoms with Gasteiger partial charge in [-0.05, 0) is 49.2 Å². The number of nitrogens with zero attached hydrogens (tertiary/aromatic N) is 4. The van der Waals surface area contributed by atoms with E-state index in [1.54, 1.807) is 12.4 Å². The van der Waals surface area contributed by atoms with Gasteiger partial charge in [-0.15, -0.1) is 0 Å². The largest absolute Gasteiger partial charge is 0.465 e. The first-order valence-electron chi connectivity index (χ1n) is 8.56. The van der Waals surface area contributed by atoms with E-state index in [4.69, 9.17) is 4.52 Å². The highest BCUT2D eigenvalue weighted by molar-refractivity contribution is 5.66. The maximum atomic E-state index is 11.3. The van der Waals surface area contributed by atoms with E-state index in [1.165, 1.54) is 4.90 Å².